The van der Waals surface area contributed by atoms with E-state index in [1.165, 1.54) is 0 Å². The van der Waals surface area contributed by atoms with Gasteiger partial charge in [0.15, 0.2) is 0 Å². The monoisotopic (exact) mass is 311 g/mol. The maximum absolute atomic E-state index is 11.9. The third-order valence-electron chi connectivity index (χ3n) is 3.66. The van der Waals surface area contributed by atoms with Crippen molar-refractivity contribution in [2.75, 3.05) is 5.32 Å². The average Bonchev–Trinajstić information content (AvgIpc) is 3.35. The molecule has 0 unspecified atom stereocenters. The summed E-state index contributed by atoms with van der Waals surface area (Å²) in [7, 11) is 0. The minimum Gasteiger partial charge on any atom is -0.439 e. The van der Waals surface area contributed by atoms with Crippen molar-refractivity contribution >= 4 is 11.6 Å². The minimum atomic E-state index is -0.263. The van der Waals surface area contributed by atoms with E-state index in [-0.39, 0.29) is 11.9 Å². The van der Waals surface area contributed by atoms with Crippen LogP contribution in [0.4, 0.5) is 5.69 Å². The molecular formula is C18H21N3O2. The van der Waals surface area contributed by atoms with E-state index in [1.54, 1.807) is 6.20 Å². The van der Waals surface area contributed by atoms with Crippen molar-refractivity contribution in [2.24, 2.45) is 0 Å². The molecule has 1 heterocycles. The van der Waals surface area contributed by atoms with Gasteiger partial charge in [-0.3, -0.25) is 4.79 Å². The van der Waals surface area contributed by atoms with Crippen LogP contribution in [-0.4, -0.2) is 23.0 Å². The topological polar surface area (TPSA) is 63.2 Å². The third-order valence-corrected chi connectivity index (χ3v) is 3.66. The second kappa shape index (κ2) is 6.69. The van der Waals surface area contributed by atoms with Gasteiger partial charge < -0.3 is 15.4 Å². The molecule has 1 aliphatic rings. The molecule has 1 aromatic heterocycles. The Morgan fingerprint density at radius 2 is 1.96 bits per heavy atom. The molecule has 2 aromatic rings. The van der Waals surface area contributed by atoms with Crippen LogP contribution in [0.5, 0.6) is 11.6 Å². The van der Waals surface area contributed by atoms with E-state index in [2.05, 4.69) is 15.6 Å². The van der Waals surface area contributed by atoms with Crippen LogP contribution in [0.3, 0.4) is 0 Å². The fourth-order valence-electron chi connectivity index (χ4n) is 2.12. The zero-order valence-electron chi connectivity index (χ0n) is 13.4. The largest absolute Gasteiger partial charge is 0.439 e. The van der Waals surface area contributed by atoms with Crippen LogP contribution in [0.15, 0.2) is 42.6 Å². The number of ether oxygens (including phenoxy) is 1. The summed E-state index contributed by atoms with van der Waals surface area (Å²) < 4.78 is 5.68. The van der Waals surface area contributed by atoms with Crippen molar-refractivity contribution in [3.63, 3.8) is 0 Å². The summed E-state index contributed by atoms with van der Waals surface area (Å²) >= 11 is 0. The Bertz CT molecular complexity index is 664. The van der Waals surface area contributed by atoms with Gasteiger partial charge in [-0.05, 0) is 56.5 Å². The lowest BCUT2D eigenvalue weighted by Gasteiger charge is -2.15. The number of rotatable bonds is 6. The number of benzene rings is 1. The van der Waals surface area contributed by atoms with Crippen molar-refractivity contribution in [1.82, 2.24) is 10.3 Å². The molecular weight excluding hydrogens is 290 g/mol. The van der Waals surface area contributed by atoms with Crippen LogP contribution in [0.25, 0.3) is 0 Å². The standard InChI is InChI=1S/C18H21N3O2/c1-12-3-10-17(19-11-12)23-16-8-6-14(7-9-16)20-13(2)18(22)21-15-4-5-15/h3,6-11,13,15,20H,4-5H2,1-2H3,(H,21,22)/t13-/m0/s1. The molecule has 0 spiro atoms. The van der Waals surface area contributed by atoms with E-state index in [1.807, 2.05) is 50.2 Å². The first-order valence-electron chi connectivity index (χ1n) is 7.87. The first-order chi connectivity index (χ1) is 11.1. The molecule has 1 atom stereocenters. The zero-order valence-corrected chi connectivity index (χ0v) is 13.4. The minimum absolute atomic E-state index is 0.0386. The summed E-state index contributed by atoms with van der Waals surface area (Å²) in [6.07, 6.45) is 3.96. The lowest BCUT2D eigenvalue weighted by Crippen LogP contribution is -2.38. The number of hydrogen-bond acceptors (Lipinski definition) is 4. The molecule has 0 aliphatic heterocycles. The van der Waals surface area contributed by atoms with Gasteiger partial charge in [0, 0.05) is 24.0 Å². The van der Waals surface area contributed by atoms with E-state index in [0.717, 1.165) is 24.1 Å². The number of carbonyl (C=O) groups is 1. The maximum atomic E-state index is 11.9. The normalized spacial score (nSPS) is 14.9. The fourth-order valence-corrected chi connectivity index (χ4v) is 2.12. The second-order valence-electron chi connectivity index (χ2n) is 5.95. The quantitative estimate of drug-likeness (QED) is 0.859. The summed E-state index contributed by atoms with van der Waals surface area (Å²) in [5.74, 6) is 1.31. The predicted molar refractivity (Wildman–Crippen MR) is 89.7 cm³/mol. The van der Waals surface area contributed by atoms with Gasteiger partial charge in [-0.1, -0.05) is 6.07 Å². The maximum Gasteiger partial charge on any atom is 0.242 e. The van der Waals surface area contributed by atoms with Crippen molar-refractivity contribution in [2.45, 2.75) is 38.8 Å². The molecule has 0 radical (unpaired) electrons. The van der Waals surface area contributed by atoms with Crippen molar-refractivity contribution in [3.05, 3.63) is 48.2 Å². The Morgan fingerprint density at radius 1 is 1.22 bits per heavy atom. The smallest absolute Gasteiger partial charge is 0.242 e. The van der Waals surface area contributed by atoms with Crippen molar-refractivity contribution < 1.29 is 9.53 Å². The highest BCUT2D eigenvalue weighted by atomic mass is 16.5. The number of pyridine rings is 1. The van der Waals surface area contributed by atoms with Crippen LogP contribution >= 0.6 is 0 Å². The Hall–Kier alpha value is -2.56. The molecule has 1 fully saturated rings. The summed E-state index contributed by atoms with van der Waals surface area (Å²) in [4.78, 5) is 16.1. The molecule has 23 heavy (non-hydrogen) atoms. The second-order valence-corrected chi connectivity index (χ2v) is 5.95. The summed E-state index contributed by atoms with van der Waals surface area (Å²) in [5.41, 5.74) is 1.98. The van der Waals surface area contributed by atoms with E-state index >= 15 is 0 Å². The van der Waals surface area contributed by atoms with Gasteiger partial charge in [-0.25, -0.2) is 4.98 Å². The Balaban J connectivity index is 1.55. The van der Waals surface area contributed by atoms with Crippen molar-refractivity contribution in [3.8, 4) is 11.6 Å². The molecule has 1 aromatic carbocycles. The van der Waals surface area contributed by atoms with E-state index in [9.17, 15) is 4.79 Å². The molecule has 1 saturated carbocycles. The first kappa shape index (κ1) is 15.3. The van der Waals surface area contributed by atoms with Gasteiger partial charge >= 0.3 is 0 Å². The van der Waals surface area contributed by atoms with Gasteiger partial charge in [0.2, 0.25) is 11.8 Å². The predicted octanol–water partition coefficient (Wildman–Crippen LogP) is 3.26. The van der Waals surface area contributed by atoms with E-state index in [0.29, 0.717) is 17.7 Å². The number of amides is 1. The molecule has 0 bridgehead atoms. The summed E-state index contributed by atoms with van der Waals surface area (Å²) in [5, 5.41) is 6.18. The first-order valence-corrected chi connectivity index (χ1v) is 7.87. The molecule has 120 valence electrons. The molecule has 2 N–H and O–H groups in total. The van der Waals surface area contributed by atoms with Gasteiger partial charge in [0.25, 0.3) is 0 Å². The number of anilines is 1. The van der Waals surface area contributed by atoms with Crippen LogP contribution in [0.1, 0.15) is 25.3 Å². The SMILES string of the molecule is Cc1ccc(Oc2ccc(N[C@@H](C)C(=O)NC3CC3)cc2)nc1. The number of aryl methyl sites for hydroxylation is 1. The molecule has 0 saturated heterocycles. The highest BCUT2D eigenvalue weighted by Gasteiger charge is 2.25. The van der Waals surface area contributed by atoms with Gasteiger partial charge in [0.05, 0.1) is 0 Å². The van der Waals surface area contributed by atoms with Crippen LogP contribution in [0, 0.1) is 6.92 Å². The third kappa shape index (κ3) is 4.45. The van der Waals surface area contributed by atoms with Gasteiger partial charge in [0.1, 0.15) is 11.8 Å². The van der Waals surface area contributed by atoms with Gasteiger partial charge in [-0.15, -0.1) is 0 Å². The Morgan fingerprint density at radius 3 is 2.57 bits per heavy atom. The fraction of sp³-hybridized carbons (Fsp3) is 0.333. The van der Waals surface area contributed by atoms with Crippen LogP contribution in [0.2, 0.25) is 0 Å². The van der Waals surface area contributed by atoms with Crippen LogP contribution in [-0.2, 0) is 4.79 Å². The number of nitrogens with one attached hydrogen (secondary N) is 2. The summed E-state index contributed by atoms with van der Waals surface area (Å²) in [6.45, 7) is 3.84. The number of hydrogen-bond donors (Lipinski definition) is 2. The molecule has 3 rings (SSSR count). The molecule has 5 heteroatoms. The highest BCUT2D eigenvalue weighted by Crippen LogP contribution is 2.22. The Labute approximate surface area is 136 Å². The lowest BCUT2D eigenvalue weighted by molar-refractivity contribution is -0.121. The van der Waals surface area contributed by atoms with Gasteiger partial charge in [-0.2, -0.15) is 0 Å². The molecule has 1 aliphatic carbocycles. The lowest BCUT2D eigenvalue weighted by atomic mass is 10.2. The molecule has 5 nitrogen and oxygen atoms in total. The molecule has 1 amide bonds. The summed E-state index contributed by atoms with van der Waals surface area (Å²) in [6, 6.07) is 11.4. The highest BCUT2D eigenvalue weighted by molar-refractivity contribution is 5.84. The number of carbonyl (C=O) groups excluding carboxylic acids is 1. The Kier molecular flexibility index (Phi) is 4.46. The number of nitrogens with zero attached hydrogens (tertiary/aromatic N) is 1. The van der Waals surface area contributed by atoms with E-state index in [4.69, 9.17) is 4.74 Å². The zero-order chi connectivity index (χ0) is 16.2. The number of aromatic nitrogens is 1. The van der Waals surface area contributed by atoms with E-state index < -0.39 is 0 Å². The van der Waals surface area contributed by atoms with Crippen LogP contribution < -0.4 is 15.4 Å². The average molecular weight is 311 g/mol. The van der Waals surface area contributed by atoms with Crippen molar-refractivity contribution in [1.29, 1.82) is 0 Å².